The van der Waals surface area contributed by atoms with Crippen LogP contribution in [0.2, 0.25) is 0 Å². The minimum absolute atomic E-state index is 0.0572. The van der Waals surface area contributed by atoms with Crippen LogP contribution in [0.15, 0.2) is 24.3 Å². The van der Waals surface area contributed by atoms with Gasteiger partial charge in [0.05, 0.1) is 11.0 Å². The fraction of sp³-hybridized carbons (Fsp3) is 0.438. The number of nitrogens with zero attached hydrogens (tertiary/aromatic N) is 2. The number of benzene rings is 1. The summed E-state index contributed by atoms with van der Waals surface area (Å²) >= 11 is 0. The van der Waals surface area contributed by atoms with Gasteiger partial charge in [-0.1, -0.05) is 12.1 Å². The number of piperidine rings is 1. The number of rotatable bonds is 4. The van der Waals surface area contributed by atoms with E-state index in [1.54, 1.807) is 0 Å². The van der Waals surface area contributed by atoms with Crippen LogP contribution in [0.1, 0.15) is 31.0 Å². The number of carbonyl (C=O) groups excluding carboxylic acids is 2. The van der Waals surface area contributed by atoms with Crippen molar-refractivity contribution in [3.05, 3.63) is 30.1 Å². The summed E-state index contributed by atoms with van der Waals surface area (Å²) in [5, 5.41) is 2.44. The lowest BCUT2D eigenvalue weighted by atomic mass is 9.96. The Morgan fingerprint density at radius 2 is 2.04 bits per heavy atom. The van der Waals surface area contributed by atoms with Gasteiger partial charge in [-0.25, -0.2) is 9.78 Å². The van der Waals surface area contributed by atoms with Crippen LogP contribution in [-0.4, -0.2) is 46.4 Å². The monoisotopic (exact) mass is 315 g/mol. The summed E-state index contributed by atoms with van der Waals surface area (Å²) in [5.41, 5.74) is 7.03. The van der Waals surface area contributed by atoms with Gasteiger partial charge in [0, 0.05) is 32.0 Å². The summed E-state index contributed by atoms with van der Waals surface area (Å²) in [5.74, 6) is 1.42. The highest BCUT2D eigenvalue weighted by molar-refractivity contribution is 5.78. The van der Waals surface area contributed by atoms with Crippen molar-refractivity contribution in [1.29, 1.82) is 0 Å². The van der Waals surface area contributed by atoms with Crippen LogP contribution in [0, 0.1) is 0 Å². The van der Waals surface area contributed by atoms with E-state index in [1.807, 2.05) is 29.2 Å². The number of fused-ring (bicyclic) bond motifs is 1. The Bertz CT molecular complexity index is 670. The Morgan fingerprint density at radius 1 is 1.30 bits per heavy atom. The van der Waals surface area contributed by atoms with Crippen LogP contribution in [-0.2, 0) is 4.79 Å². The number of carbonyl (C=O) groups is 2. The Morgan fingerprint density at radius 3 is 2.74 bits per heavy atom. The van der Waals surface area contributed by atoms with Crippen molar-refractivity contribution in [3.63, 3.8) is 0 Å². The highest BCUT2D eigenvalue weighted by Gasteiger charge is 2.25. The number of likely N-dealkylation sites (tertiary alicyclic amines) is 1. The third-order valence-electron chi connectivity index (χ3n) is 4.28. The van der Waals surface area contributed by atoms with Gasteiger partial charge in [0.25, 0.3) is 0 Å². The molecule has 0 bridgehead atoms. The molecule has 7 nitrogen and oxygen atoms in total. The van der Waals surface area contributed by atoms with Crippen LogP contribution in [0.25, 0.3) is 11.0 Å². The van der Waals surface area contributed by atoms with Gasteiger partial charge >= 0.3 is 6.03 Å². The minimum Gasteiger partial charge on any atom is -0.352 e. The lowest BCUT2D eigenvalue weighted by molar-refractivity contribution is -0.132. The van der Waals surface area contributed by atoms with Crippen molar-refractivity contribution >= 4 is 23.0 Å². The maximum Gasteiger partial charge on any atom is 0.312 e. The molecule has 0 unspecified atom stereocenters. The van der Waals surface area contributed by atoms with Gasteiger partial charge in [-0.05, 0) is 25.0 Å². The van der Waals surface area contributed by atoms with E-state index in [-0.39, 0.29) is 18.9 Å². The van der Waals surface area contributed by atoms with Gasteiger partial charge in [0.1, 0.15) is 5.82 Å². The Labute approximate surface area is 134 Å². The number of nitrogens with one attached hydrogen (secondary N) is 2. The molecule has 0 aliphatic carbocycles. The van der Waals surface area contributed by atoms with Crippen LogP contribution in [0.5, 0.6) is 0 Å². The van der Waals surface area contributed by atoms with Gasteiger partial charge in [-0.3, -0.25) is 4.79 Å². The second-order valence-electron chi connectivity index (χ2n) is 5.84. The molecule has 2 heterocycles. The number of aromatic amines is 1. The Kier molecular flexibility index (Phi) is 4.45. The molecule has 122 valence electrons. The smallest absolute Gasteiger partial charge is 0.312 e. The molecule has 7 heteroatoms. The first-order valence-electron chi connectivity index (χ1n) is 7.89. The number of primary amides is 1. The molecule has 0 saturated carbocycles. The quantitative estimate of drug-likeness (QED) is 0.792. The molecule has 4 N–H and O–H groups in total. The number of hydrogen-bond donors (Lipinski definition) is 3. The number of para-hydroxylation sites is 2. The van der Waals surface area contributed by atoms with E-state index in [1.165, 1.54) is 0 Å². The molecule has 0 atom stereocenters. The number of H-pyrrole nitrogens is 1. The van der Waals surface area contributed by atoms with Crippen LogP contribution in [0.3, 0.4) is 0 Å². The summed E-state index contributed by atoms with van der Waals surface area (Å²) in [4.78, 5) is 32.6. The second kappa shape index (κ2) is 6.68. The Hall–Kier alpha value is -2.57. The average molecular weight is 315 g/mol. The molecule has 1 aromatic heterocycles. The molecular weight excluding hydrogens is 294 g/mol. The summed E-state index contributed by atoms with van der Waals surface area (Å²) in [6, 6.07) is 7.40. The number of hydrogen-bond acceptors (Lipinski definition) is 3. The summed E-state index contributed by atoms with van der Waals surface area (Å²) in [6.45, 7) is 1.73. The molecule has 1 aliphatic heterocycles. The Balaban J connectivity index is 1.53. The van der Waals surface area contributed by atoms with Crippen molar-refractivity contribution in [3.8, 4) is 0 Å². The maximum absolute atomic E-state index is 12.1. The van der Waals surface area contributed by atoms with Crippen molar-refractivity contribution < 1.29 is 9.59 Å². The van der Waals surface area contributed by atoms with E-state index in [4.69, 9.17) is 5.73 Å². The SMILES string of the molecule is NC(=O)NCCC(=O)N1CCC(c2nc3ccccc3[nH]2)CC1. The first-order valence-corrected chi connectivity index (χ1v) is 7.89. The molecule has 0 radical (unpaired) electrons. The maximum atomic E-state index is 12.1. The number of nitrogens with two attached hydrogens (primary N) is 1. The van der Waals surface area contributed by atoms with Gasteiger partial charge in [-0.15, -0.1) is 0 Å². The zero-order valence-corrected chi connectivity index (χ0v) is 12.9. The number of amides is 3. The van der Waals surface area contributed by atoms with Crippen molar-refractivity contribution in [2.45, 2.75) is 25.2 Å². The third-order valence-corrected chi connectivity index (χ3v) is 4.28. The predicted octanol–water partition coefficient (Wildman–Crippen LogP) is 1.33. The fourth-order valence-electron chi connectivity index (χ4n) is 3.02. The topological polar surface area (TPSA) is 104 Å². The summed E-state index contributed by atoms with van der Waals surface area (Å²) in [6.07, 6.45) is 2.09. The molecular formula is C16H21N5O2. The van der Waals surface area contributed by atoms with E-state index in [2.05, 4.69) is 15.3 Å². The van der Waals surface area contributed by atoms with E-state index >= 15 is 0 Å². The van der Waals surface area contributed by atoms with Gasteiger partial charge < -0.3 is 20.9 Å². The van der Waals surface area contributed by atoms with Gasteiger partial charge in [-0.2, -0.15) is 0 Å². The molecule has 1 aliphatic rings. The zero-order chi connectivity index (χ0) is 16.2. The van der Waals surface area contributed by atoms with Crippen molar-refractivity contribution in [1.82, 2.24) is 20.2 Å². The first kappa shape index (κ1) is 15.3. The third kappa shape index (κ3) is 3.61. The molecule has 1 saturated heterocycles. The number of urea groups is 1. The van der Waals surface area contributed by atoms with E-state index in [0.717, 1.165) is 42.8 Å². The van der Waals surface area contributed by atoms with Crippen LogP contribution < -0.4 is 11.1 Å². The number of imidazole rings is 1. The van der Waals surface area contributed by atoms with Crippen molar-refractivity contribution in [2.75, 3.05) is 19.6 Å². The predicted molar refractivity (Wildman–Crippen MR) is 86.9 cm³/mol. The highest BCUT2D eigenvalue weighted by atomic mass is 16.2. The van der Waals surface area contributed by atoms with Crippen LogP contribution in [0.4, 0.5) is 4.79 Å². The first-order chi connectivity index (χ1) is 11.1. The lowest BCUT2D eigenvalue weighted by Gasteiger charge is -2.31. The molecule has 2 aromatic rings. The molecule has 3 amide bonds. The molecule has 1 aromatic carbocycles. The largest absolute Gasteiger partial charge is 0.352 e. The summed E-state index contributed by atoms with van der Waals surface area (Å²) < 4.78 is 0. The normalized spacial score (nSPS) is 15.7. The standard InChI is InChI=1S/C16H21N5O2/c17-16(23)18-8-5-14(22)21-9-6-11(7-10-21)15-19-12-3-1-2-4-13(12)20-15/h1-4,11H,5-10H2,(H,19,20)(H3,17,18,23). The van der Waals surface area contributed by atoms with Crippen LogP contribution >= 0.6 is 0 Å². The minimum atomic E-state index is -0.596. The van der Waals surface area contributed by atoms with Gasteiger partial charge in [0.2, 0.25) is 5.91 Å². The molecule has 3 rings (SSSR count). The van der Waals surface area contributed by atoms with Gasteiger partial charge in [0.15, 0.2) is 0 Å². The zero-order valence-electron chi connectivity index (χ0n) is 12.9. The van der Waals surface area contributed by atoms with Crippen molar-refractivity contribution in [2.24, 2.45) is 5.73 Å². The molecule has 0 spiro atoms. The lowest BCUT2D eigenvalue weighted by Crippen LogP contribution is -2.40. The van der Waals surface area contributed by atoms with E-state index < -0.39 is 6.03 Å². The second-order valence-corrected chi connectivity index (χ2v) is 5.84. The molecule has 23 heavy (non-hydrogen) atoms. The average Bonchev–Trinajstić information content (AvgIpc) is 2.98. The van der Waals surface area contributed by atoms with E-state index in [0.29, 0.717) is 5.92 Å². The highest BCUT2D eigenvalue weighted by Crippen LogP contribution is 2.27. The van der Waals surface area contributed by atoms with E-state index in [9.17, 15) is 9.59 Å². The fourth-order valence-corrected chi connectivity index (χ4v) is 3.02. The number of aromatic nitrogens is 2. The molecule has 1 fully saturated rings. The summed E-state index contributed by atoms with van der Waals surface area (Å²) in [7, 11) is 0.